The summed E-state index contributed by atoms with van der Waals surface area (Å²) < 4.78 is 1.97. The van der Waals surface area contributed by atoms with E-state index >= 15 is 0 Å². The predicted octanol–water partition coefficient (Wildman–Crippen LogP) is 2.25. The second-order valence-corrected chi connectivity index (χ2v) is 7.82. The van der Waals surface area contributed by atoms with E-state index in [0.717, 1.165) is 37.1 Å². The van der Waals surface area contributed by atoms with Crippen LogP contribution < -0.4 is 10.6 Å². The van der Waals surface area contributed by atoms with Gasteiger partial charge in [-0.05, 0) is 85.0 Å². The number of aryl methyl sites for hydroxylation is 2. The lowest BCUT2D eigenvalue weighted by Gasteiger charge is -2.28. The second kappa shape index (κ2) is 9.95. The van der Waals surface area contributed by atoms with Crippen LogP contribution in [0.4, 0.5) is 0 Å². The number of hydrogen-bond donors (Lipinski definition) is 2. The summed E-state index contributed by atoms with van der Waals surface area (Å²) in [6.45, 7) is 12.8. The molecule has 0 bridgehead atoms. The van der Waals surface area contributed by atoms with Crippen LogP contribution in [-0.2, 0) is 13.5 Å². The Bertz CT molecular complexity index is 583. The summed E-state index contributed by atoms with van der Waals surface area (Å²) in [5.41, 5.74) is 3.72. The van der Waals surface area contributed by atoms with Crippen LogP contribution in [0.2, 0.25) is 0 Å². The van der Waals surface area contributed by atoms with E-state index in [0.29, 0.717) is 6.04 Å². The number of aromatic nitrogens is 2. The summed E-state index contributed by atoms with van der Waals surface area (Å²) >= 11 is 0. The van der Waals surface area contributed by atoms with Crippen LogP contribution in [0, 0.1) is 19.8 Å². The smallest absolute Gasteiger partial charge is 0.191 e. The monoisotopic (exact) mass is 362 g/mol. The normalized spacial score (nSPS) is 18.2. The Morgan fingerprint density at radius 1 is 1.27 bits per heavy atom. The Balaban J connectivity index is 1.85. The van der Waals surface area contributed by atoms with E-state index in [9.17, 15) is 0 Å². The zero-order valence-corrected chi connectivity index (χ0v) is 17.6. The highest BCUT2D eigenvalue weighted by Crippen LogP contribution is 2.19. The van der Waals surface area contributed by atoms with E-state index in [2.05, 4.69) is 55.4 Å². The van der Waals surface area contributed by atoms with Crippen molar-refractivity contribution in [2.24, 2.45) is 18.0 Å². The van der Waals surface area contributed by atoms with Gasteiger partial charge in [-0.15, -0.1) is 0 Å². The average Bonchev–Trinajstić information content (AvgIpc) is 2.83. The molecular weight excluding hydrogens is 324 g/mol. The molecule has 1 aliphatic rings. The van der Waals surface area contributed by atoms with Crippen LogP contribution >= 0.6 is 0 Å². The lowest BCUT2D eigenvalue weighted by atomic mass is 9.94. The molecule has 2 rings (SSSR count). The van der Waals surface area contributed by atoms with Gasteiger partial charge in [-0.3, -0.25) is 9.67 Å². The van der Waals surface area contributed by atoms with E-state index in [1.54, 1.807) is 0 Å². The number of aliphatic imine (C=N–C) groups is 1. The number of hydrogen-bond acceptors (Lipinski definition) is 3. The average molecular weight is 363 g/mol. The van der Waals surface area contributed by atoms with Crippen LogP contribution in [-0.4, -0.2) is 59.9 Å². The van der Waals surface area contributed by atoms with Crippen molar-refractivity contribution in [3.63, 3.8) is 0 Å². The largest absolute Gasteiger partial charge is 0.357 e. The third-order valence-corrected chi connectivity index (χ3v) is 5.54. The van der Waals surface area contributed by atoms with Crippen molar-refractivity contribution in [3.05, 3.63) is 17.0 Å². The van der Waals surface area contributed by atoms with Gasteiger partial charge in [0.1, 0.15) is 0 Å². The zero-order valence-electron chi connectivity index (χ0n) is 17.6. The number of rotatable bonds is 7. The topological polar surface area (TPSA) is 57.5 Å². The van der Waals surface area contributed by atoms with Crippen molar-refractivity contribution in [2.45, 2.75) is 59.4 Å². The lowest BCUT2D eigenvalue weighted by molar-refractivity contribution is 0.214. The molecule has 0 saturated carbocycles. The SMILES string of the molecule is CCNC(=NCCC1CCN(C)CC1)NC(C)Cc1c(C)nn(C)c1C. The highest BCUT2D eigenvalue weighted by molar-refractivity contribution is 5.80. The minimum atomic E-state index is 0.317. The molecule has 1 saturated heterocycles. The molecule has 6 nitrogen and oxygen atoms in total. The van der Waals surface area contributed by atoms with Crippen molar-refractivity contribution in [1.29, 1.82) is 0 Å². The molecule has 0 aromatic carbocycles. The van der Waals surface area contributed by atoms with Gasteiger partial charge in [0.25, 0.3) is 0 Å². The first-order valence-electron chi connectivity index (χ1n) is 10.1. The molecule has 1 unspecified atom stereocenters. The maximum Gasteiger partial charge on any atom is 0.191 e. The summed E-state index contributed by atoms with van der Waals surface area (Å²) in [6, 6.07) is 0.317. The maximum absolute atomic E-state index is 4.82. The van der Waals surface area contributed by atoms with E-state index < -0.39 is 0 Å². The minimum absolute atomic E-state index is 0.317. The fourth-order valence-corrected chi connectivity index (χ4v) is 3.73. The predicted molar refractivity (Wildman–Crippen MR) is 110 cm³/mol. The molecule has 1 aromatic heterocycles. The fraction of sp³-hybridized carbons (Fsp3) is 0.800. The number of nitrogens with zero attached hydrogens (tertiary/aromatic N) is 4. The fourth-order valence-electron chi connectivity index (χ4n) is 3.73. The lowest BCUT2D eigenvalue weighted by Crippen LogP contribution is -2.43. The van der Waals surface area contributed by atoms with Gasteiger partial charge in [0.2, 0.25) is 0 Å². The quantitative estimate of drug-likeness (QED) is 0.577. The van der Waals surface area contributed by atoms with Crippen molar-refractivity contribution >= 4 is 5.96 Å². The van der Waals surface area contributed by atoms with Crippen molar-refractivity contribution < 1.29 is 0 Å². The molecule has 1 fully saturated rings. The summed E-state index contributed by atoms with van der Waals surface area (Å²) in [5, 5.41) is 11.5. The van der Waals surface area contributed by atoms with Gasteiger partial charge in [-0.2, -0.15) is 5.10 Å². The van der Waals surface area contributed by atoms with Gasteiger partial charge >= 0.3 is 0 Å². The summed E-state index contributed by atoms with van der Waals surface area (Å²) in [5.74, 6) is 1.77. The Labute approximate surface area is 159 Å². The minimum Gasteiger partial charge on any atom is -0.357 e. The number of piperidine rings is 1. The molecule has 1 aromatic rings. The van der Waals surface area contributed by atoms with Crippen molar-refractivity contribution in [3.8, 4) is 0 Å². The third kappa shape index (κ3) is 6.01. The van der Waals surface area contributed by atoms with Crippen LogP contribution in [0.5, 0.6) is 0 Å². The molecular formula is C20H38N6. The summed E-state index contributed by atoms with van der Waals surface area (Å²) in [7, 11) is 4.23. The molecule has 0 radical (unpaired) electrons. The first-order chi connectivity index (χ1) is 12.4. The molecule has 6 heteroatoms. The molecule has 0 aliphatic carbocycles. The van der Waals surface area contributed by atoms with E-state index in [1.807, 2.05) is 11.7 Å². The Morgan fingerprint density at radius 3 is 2.54 bits per heavy atom. The molecule has 2 N–H and O–H groups in total. The first kappa shape index (κ1) is 20.7. The van der Waals surface area contributed by atoms with Crippen LogP contribution in [0.3, 0.4) is 0 Å². The molecule has 2 heterocycles. The van der Waals surface area contributed by atoms with Crippen molar-refractivity contribution in [1.82, 2.24) is 25.3 Å². The standard InChI is InChI=1S/C20H38N6/c1-7-21-20(22-11-8-18-9-12-25(5)13-10-18)23-15(2)14-19-16(3)24-26(6)17(19)4/h15,18H,7-14H2,1-6H3,(H2,21,22,23). The molecule has 26 heavy (non-hydrogen) atoms. The zero-order chi connectivity index (χ0) is 19.1. The number of likely N-dealkylation sites (tertiary alicyclic amines) is 1. The van der Waals surface area contributed by atoms with Gasteiger partial charge in [0, 0.05) is 31.9 Å². The van der Waals surface area contributed by atoms with Crippen molar-refractivity contribution in [2.75, 3.05) is 33.2 Å². The first-order valence-corrected chi connectivity index (χ1v) is 10.1. The number of nitrogens with one attached hydrogen (secondary N) is 2. The molecule has 1 aliphatic heterocycles. The molecule has 0 spiro atoms. The summed E-state index contributed by atoms with van der Waals surface area (Å²) in [4.78, 5) is 7.24. The molecule has 0 amide bonds. The van der Waals surface area contributed by atoms with Crippen LogP contribution in [0.1, 0.15) is 50.1 Å². The highest BCUT2D eigenvalue weighted by atomic mass is 15.3. The summed E-state index contributed by atoms with van der Waals surface area (Å²) in [6.07, 6.45) is 4.78. The van der Waals surface area contributed by atoms with Gasteiger partial charge in [0.15, 0.2) is 5.96 Å². The highest BCUT2D eigenvalue weighted by Gasteiger charge is 2.17. The Morgan fingerprint density at radius 2 is 1.96 bits per heavy atom. The van der Waals surface area contributed by atoms with Gasteiger partial charge in [-0.25, -0.2) is 0 Å². The van der Waals surface area contributed by atoms with Gasteiger partial charge in [0.05, 0.1) is 5.69 Å². The number of guanidine groups is 1. The van der Waals surface area contributed by atoms with Crippen LogP contribution in [0.15, 0.2) is 4.99 Å². The van der Waals surface area contributed by atoms with E-state index in [-0.39, 0.29) is 0 Å². The van der Waals surface area contributed by atoms with Crippen LogP contribution in [0.25, 0.3) is 0 Å². The third-order valence-electron chi connectivity index (χ3n) is 5.54. The Kier molecular flexibility index (Phi) is 7.94. The van der Waals surface area contributed by atoms with E-state index in [1.165, 1.54) is 43.6 Å². The Hall–Kier alpha value is -1.56. The maximum atomic E-state index is 4.82. The molecule has 148 valence electrons. The van der Waals surface area contributed by atoms with Gasteiger partial charge < -0.3 is 15.5 Å². The second-order valence-electron chi connectivity index (χ2n) is 7.82. The van der Waals surface area contributed by atoms with Gasteiger partial charge in [-0.1, -0.05) is 0 Å². The van der Waals surface area contributed by atoms with E-state index in [4.69, 9.17) is 4.99 Å². The molecule has 1 atom stereocenters.